The van der Waals surface area contributed by atoms with E-state index in [1.54, 1.807) is 0 Å². The van der Waals surface area contributed by atoms with Crippen LogP contribution in [0.3, 0.4) is 0 Å². The summed E-state index contributed by atoms with van der Waals surface area (Å²) in [5.74, 6) is -0.996. The molecule has 1 aromatic heterocycles. The van der Waals surface area contributed by atoms with Crippen LogP contribution in [-0.2, 0) is 16.1 Å². The summed E-state index contributed by atoms with van der Waals surface area (Å²) in [6.07, 6.45) is 2.76. The lowest BCUT2D eigenvalue weighted by Gasteiger charge is -2.12. The SMILES string of the molecule is CCOC(C)CNC(=O)Nc1cnn(CC(=O)O)c1. The molecule has 0 bridgehead atoms. The van der Waals surface area contributed by atoms with Crippen LogP contribution < -0.4 is 10.6 Å². The van der Waals surface area contributed by atoms with Crippen LogP contribution in [0.2, 0.25) is 0 Å². The van der Waals surface area contributed by atoms with E-state index in [-0.39, 0.29) is 18.7 Å². The first-order valence-electron chi connectivity index (χ1n) is 5.92. The molecule has 1 aromatic rings. The molecule has 8 nitrogen and oxygen atoms in total. The second-order valence-corrected chi connectivity index (χ2v) is 3.92. The quantitative estimate of drug-likeness (QED) is 0.669. The van der Waals surface area contributed by atoms with Crippen molar-refractivity contribution in [2.75, 3.05) is 18.5 Å². The van der Waals surface area contributed by atoms with Gasteiger partial charge < -0.3 is 20.5 Å². The number of carboxylic acids is 1. The summed E-state index contributed by atoms with van der Waals surface area (Å²) in [6.45, 7) is 4.47. The van der Waals surface area contributed by atoms with E-state index >= 15 is 0 Å². The molecule has 3 N–H and O–H groups in total. The van der Waals surface area contributed by atoms with Crippen molar-refractivity contribution in [1.29, 1.82) is 0 Å². The first kappa shape index (κ1) is 15.0. The molecule has 106 valence electrons. The highest BCUT2D eigenvalue weighted by atomic mass is 16.5. The summed E-state index contributed by atoms with van der Waals surface area (Å²) in [5.41, 5.74) is 0.433. The fourth-order valence-electron chi connectivity index (χ4n) is 1.41. The molecule has 0 saturated heterocycles. The fourth-order valence-corrected chi connectivity index (χ4v) is 1.41. The van der Waals surface area contributed by atoms with E-state index in [1.807, 2.05) is 13.8 Å². The maximum Gasteiger partial charge on any atom is 0.325 e. The number of nitrogens with zero attached hydrogens (tertiary/aromatic N) is 2. The first-order chi connectivity index (χ1) is 9.01. The zero-order valence-electron chi connectivity index (χ0n) is 10.9. The highest BCUT2D eigenvalue weighted by Gasteiger charge is 2.07. The van der Waals surface area contributed by atoms with E-state index in [9.17, 15) is 9.59 Å². The molecule has 1 rings (SSSR count). The van der Waals surface area contributed by atoms with Crippen LogP contribution in [0.4, 0.5) is 10.5 Å². The van der Waals surface area contributed by atoms with Crippen molar-refractivity contribution in [2.45, 2.75) is 26.5 Å². The van der Waals surface area contributed by atoms with Crippen molar-refractivity contribution in [1.82, 2.24) is 15.1 Å². The van der Waals surface area contributed by atoms with Gasteiger partial charge in [-0.25, -0.2) is 4.79 Å². The van der Waals surface area contributed by atoms with E-state index in [0.29, 0.717) is 18.8 Å². The van der Waals surface area contributed by atoms with Crippen molar-refractivity contribution in [3.8, 4) is 0 Å². The van der Waals surface area contributed by atoms with Gasteiger partial charge >= 0.3 is 12.0 Å². The van der Waals surface area contributed by atoms with E-state index in [1.165, 1.54) is 17.1 Å². The number of ether oxygens (including phenoxy) is 1. The lowest BCUT2D eigenvalue weighted by molar-refractivity contribution is -0.137. The molecule has 1 heterocycles. The van der Waals surface area contributed by atoms with Crippen molar-refractivity contribution >= 4 is 17.7 Å². The van der Waals surface area contributed by atoms with Crippen LogP contribution in [-0.4, -0.2) is 46.1 Å². The summed E-state index contributed by atoms with van der Waals surface area (Å²) in [4.78, 5) is 22.0. The Hall–Kier alpha value is -2.09. The topological polar surface area (TPSA) is 105 Å². The molecule has 19 heavy (non-hydrogen) atoms. The molecule has 0 saturated carbocycles. The highest BCUT2D eigenvalue weighted by Crippen LogP contribution is 2.04. The molecule has 1 atom stereocenters. The summed E-state index contributed by atoms with van der Waals surface area (Å²) >= 11 is 0. The third kappa shape index (κ3) is 5.87. The zero-order valence-corrected chi connectivity index (χ0v) is 10.9. The second-order valence-electron chi connectivity index (χ2n) is 3.92. The molecule has 0 aliphatic rings. The monoisotopic (exact) mass is 270 g/mol. The zero-order chi connectivity index (χ0) is 14.3. The van der Waals surface area contributed by atoms with Crippen LogP contribution >= 0.6 is 0 Å². The Kier molecular flexibility index (Phi) is 5.80. The maximum atomic E-state index is 11.5. The predicted octanol–water partition coefficient (Wildman–Crippen LogP) is 0.514. The smallest absolute Gasteiger partial charge is 0.325 e. The second kappa shape index (κ2) is 7.37. The third-order valence-corrected chi connectivity index (χ3v) is 2.19. The van der Waals surface area contributed by atoms with E-state index in [2.05, 4.69) is 15.7 Å². The number of urea groups is 1. The molecular weight excluding hydrogens is 252 g/mol. The van der Waals surface area contributed by atoms with Gasteiger partial charge in [0.15, 0.2) is 0 Å². The Morgan fingerprint density at radius 1 is 1.58 bits per heavy atom. The van der Waals surface area contributed by atoms with Crippen LogP contribution in [0.25, 0.3) is 0 Å². The standard InChI is InChI=1S/C11H18N4O4/c1-3-19-8(2)4-12-11(18)14-9-5-13-15(6-9)7-10(16)17/h5-6,8H,3-4,7H2,1-2H3,(H,16,17)(H2,12,14,18). The lowest BCUT2D eigenvalue weighted by atomic mass is 10.4. The number of hydrogen-bond donors (Lipinski definition) is 3. The van der Waals surface area contributed by atoms with Crippen LogP contribution in [0.15, 0.2) is 12.4 Å². The minimum atomic E-state index is -0.996. The fraction of sp³-hybridized carbons (Fsp3) is 0.545. The molecular formula is C11H18N4O4. The van der Waals surface area contributed by atoms with Gasteiger partial charge in [-0.15, -0.1) is 0 Å². The Morgan fingerprint density at radius 3 is 2.95 bits per heavy atom. The Labute approximate surface area is 110 Å². The van der Waals surface area contributed by atoms with Crippen molar-refractivity contribution in [2.24, 2.45) is 0 Å². The summed E-state index contributed by atoms with van der Waals surface area (Å²) in [6, 6.07) is -0.388. The number of anilines is 1. The molecule has 0 aromatic carbocycles. The van der Waals surface area contributed by atoms with Gasteiger partial charge in [-0.3, -0.25) is 9.48 Å². The molecule has 2 amide bonds. The van der Waals surface area contributed by atoms with Gasteiger partial charge in [0, 0.05) is 19.3 Å². The molecule has 8 heteroatoms. The van der Waals surface area contributed by atoms with Gasteiger partial charge in [0.05, 0.1) is 18.0 Å². The lowest BCUT2D eigenvalue weighted by Crippen LogP contribution is -2.35. The maximum absolute atomic E-state index is 11.5. The Bertz CT molecular complexity index is 432. The van der Waals surface area contributed by atoms with Gasteiger partial charge in [-0.1, -0.05) is 0 Å². The summed E-state index contributed by atoms with van der Waals surface area (Å²) in [5, 5.41) is 17.6. The number of carbonyl (C=O) groups excluding carboxylic acids is 1. The van der Waals surface area contributed by atoms with Crippen molar-refractivity contribution in [3.63, 3.8) is 0 Å². The predicted molar refractivity (Wildman–Crippen MR) is 68.0 cm³/mol. The third-order valence-electron chi connectivity index (χ3n) is 2.19. The number of rotatable bonds is 7. The Morgan fingerprint density at radius 2 is 2.32 bits per heavy atom. The van der Waals surface area contributed by atoms with E-state index in [4.69, 9.17) is 9.84 Å². The number of hydrogen-bond acceptors (Lipinski definition) is 4. The van der Waals surface area contributed by atoms with Gasteiger partial charge in [0.1, 0.15) is 6.54 Å². The van der Waals surface area contributed by atoms with Gasteiger partial charge in [0.25, 0.3) is 0 Å². The first-order valence-corrected chi connectivity index (χ1v) is 5.92. The largest absolute Gasteiger partial charge is 0.480 e. The van der Waals surface area contributed by atoms with E-state index < -0.39 is 5.97 Å². The highest BCUT2D eigenvalue weighted by molar-refractivity contribution is 5.88. The molecule has 1 unspecified atom stereocenters. The average molecular weight is 270 g/mol. The number of nitrogens with one attached hydrogen (secondary N) is 2. The van der Waals surface area contributed by atoms with Gasteiger partial charge in [-0.05, 0) is 13.8 Å². The number of carbonyl (C=O) groups is 2. The van der Waals surface area contributed by atoms with Crippen LogP contribution in [0, 0.1) is 0 Å². The molecule has 0 aliphatic heterocycles. The number of aromatic nitrogens is 2. The molecule has 0 radical (unpaired) electrons. The molecule has 0 aliphatic carbocycles. The summed E-state index contributed by atoms with van der Waals surface area (Å²) in [7, 11) is 0. The Balaban J connectivity index is 2.35. The number of carboxylic acid groups (broad SMARTS) is 1. The molecule has 0 fully saturated rings. The molecule has 0 spiro atoms. The van der Waals surface area contributed by atoms with E-state index in [0.717, 1.165) is 0 Å². The van der Waals surface area contributed by atoms with Gasteiger partial charge in [0.2, 0.25) is 0 Å². The van der Waals surface area contributed by atoms with Crippen molar-refractivity contribution in [3.05, 3.63) is 12.4 Å². The van der Waals surface area contributed by atoms with Gasteiger partial charge in [-0.2, -0.15) is 5.10 Å². The number of amides is 2. The number of aliphatic carboxylic acids is 1. The van der Waals surface area contributed by atoms with Crippen molar-refractivity contribution < 1.29 is 19.4 Å². The van der Waals surface area contributed by atoms with Crippen LogP contribution in [0.5, 0.6) is 0 Å². The summed E-state index contributed by atoms with van der Waals surface area (Å²) < 4.78 is 6.49. The normalized spacial score (nSPS) is 11.9. The minimum absolute atomic E-state index is 0.0644. The average Bonchev–Trinajstić information content (AvgIpc) is 2.73. The van der Waals surface area contributed by atoms with Crippen LogP contribution in [0.1, 0.15) is 13.8 Å². The minimum Gasteiger partial charge on any atom is -0.480 e.